The molecule has 5 rings (SSSR count). The van der Waals surface area contributed by atoms with Gasteiger partial charge in [-0.05, 0) is 22.3 Å². The largest absolute Gasteiger partial charge is 0.375 e. The standard InChI is InChI=1S/C34H37NO4.ClH/c1-5-13-27(14-6-1)22-36-26-31-33(38-24-29-17-9-3-10-18-29)34(39-25-30-19-11-4-12-20-30)32(21-35-31)37-23-28-15-7-2-8-16-28;/h1-20,31-35H,21-26H2;1H/t31-,32+,33-,34-;/m0./s1. The number of rotatable bonds is 13. The van der Waals surface area contributed by atoms with Crippen LogP contribution in [-0.2, 0) is 45.4 Å². The molecule has 40 heavy (non-hydrogen) atoms. The van der Waals surface area contributed by atoms with Crippen molar-refractivity contribution in [3.8, 4) is 0 Å². The lowest BCUT2D eigenvalue weighted by Crippen LogP contribution is -2.63. The molecule has 4 aromatic rings. The molecule has 1 aliphatic heterocycles. The van der Waals surface area contributed by atoms with Crippen molar-refractivity contribution in [2.75, 3.05) is 13.2 Å². The third-order valence-corrected chi connectivity index (χ3v) is 6.95. The average molecular weight is 560 g/mol. The van der Waals surface area contributed by atoms with Gasteiger partial charge < -0.3 is 24.3 Å². The number of nitrogens with one attached hydrogen (secondary N) is 1. The SMILES string of the molecule is Cl.c1ccc(COC[C@@H]2NC[C@@H](OCc3ccccc3)[C@H](OCc3ccccc3)[C@H]2OCc2ccccc2)cc1. The normalized spacial score (nSPS) is 20.5. The number of hydrogen-bond donors (Lipinski definition) is 1. The van der Waals surface area contributed by atoms with Crippen LogP contribution < -0.4 is 5.32 Å². The van der Waals surface area contributed by atoms with Gasteiger partial charge in [-0.25, -0.2) is 0 Å². The summed E-state index contributed by atoms with van der Waals surface area (Å²) < 4.78 is 25.9. The molecule has 210 valence electrons. The van der Waals surface area contributed by atoms with Crippen molar-refractivity contribution in [1.29, 1.82) is 0 Å². The van der Waals surface area contributed by atoms with E-state index in [4.69, 9.17) is 18.9 Å². The van der Waals surface area contributed by atoms with E-state index in [1.807, 2.05) is 72.8 Å². The molecule has 1 fully saturated rings. The number of halogens is 1. The minimum atomic E-state index is -0.274. The molecule has 0 spiro atoms. The molecule has 0 bridgehead atoms. The van der Waals surface area contributed by atoms with E-state index >= 15 is 0 Å². The molecule has 6 heteroatoms. The number of benzene rings is 4. The zero-order valence-electron chi connectivity index (χ0n) is 22.6. The lowest BCUT2D eigenvalue weighted by Gasteiger charge is -2.43. The third-order valence-electron chi connectivity index (χ3n) is 6.95. The zero-order valence-corrected chi connectivity index (χ0v) is 23.5. The summed E-state index contributed by atoms with van der Waals surface area (Å²) in [6.45, 7) is 3.19. The predicted molar refractivity (Wildman–Crippen MR) is 160 cm³/mol. The Labute approximate surface area is 243 Å². The Bertz CT molecular complexity index is 1210. The van der Waals surface area contributed by atoms with Crippen molar-refractivity contribution in [2.24, 2.45) is 0 Å². The van der Waals surface area contributed by atoms with Crippen LogP contribution in [0.1, 0.15) is 22.3 Å². The lowest BCUT2D eigenvalue weighted by atomic mass is 9.95. The Morgan fingerprint density at radius 2 is 0.900 bits per heavy atom. The fourth-order valence-corrected chi connectivity index (χ4v) is 4.85. The molecule has 0 radical (unpaired) electrons. The second kappa shape index (κ2) is 16.3. The number of piperidine rings is 1. The highest BCUT2D eigenvalue weighted by Crippen LogP contribution is 2.24. The van der Waals surface area contributed by atoms with Gasteiger partial charge in [0, 0.05) is 6.54 Å². The van der Waals surface area contributed by atoms with Crippen LogP contribution in [0.5, 0.6) is 0 Å². The van der Waals surface area contributed by atoms with Crippen LogP contribution in [0.3, 0.4) is 0 Å². The summed E-state index contributed by atoms with van der Waals surface area (Å²) in [4.78, 5) is 0. The number of ether oxygens (including phenoxy) is 4. The van der Waals surface area contributed by atoms with Gasteiger partial charge in [0.1, 0.15) is 12.2 Å². The molecule has 1 aliphatic rings. The zero-order chi connectivity index (χ0) is 26.5. The molecular weight excluding hydrogens is 522 g/mol. The van der Waals surface area contributed by atoms with Gasteiger partial charge in [0.15, 0.2) is 0 Å². The summed E-state index contributed by atoms with van der Waals surface area (Å²) in [5.41, 5.74) is 4.53. The smallest absolute Gasteiger partial charge is 0.113 e. The van der Waals surface area contributed by atoms with Crippen molar-refractivity contribution in [2.45, 2.75) is 50.8 Å². The van der Waals surface area contributed by atoms with E-state index in [0.29, 0.717) is 39.6 Å². The van der Waals surface area contributed by atoms with Crippen molar-refractivity contribution in [3.05, 3.63) is 144 Å². The van der Waals surface area contributed by atoms with E-state index in [-0.39, 0.29) is 36.8 Å². The summed E-state index contributed by atoms with van der Waals surface area (Å²) in [6.07, 6.45) is -0.719. The van der Waals surface area contributed by atoms with Gasteiger partial charge in [-0.1, -0.05) is 121 Å². The van der Waals surface area contributed by atoms with Crippen molar-refractivity contribution < 1.29 is 18.9 Å². The Morgan fingerprint density at radius 1 is 0.500 bits per heavy atom. The molecular formula is C34H38ClNO4. The molecule has 0 aliphatic carbocycles. The molecule has 0 saturated carbocycles. The van der Waals surface area contributed by atoms with Gasteiger partial charge in [0.2, 0.25) is 0 Å². The van der Waals surface area contributed by atoms with Gasteiger partial charge in [-0.2, -0.15) is 0 Å². The highest BCUT2D eigenvalue weighted by atomic mass is 35.5. The Kier molecular flexibility index (Phi) is 12.2. The molecule has 4 atom stereocenters. The van der Waals surface area contributed by atoms with E-state index in [9.17, 15) is 0 Å². The maximum absolute atomic E-state index is 6.62. The summed E-state index contributed by atoms with van der Waals surface area (Å²) in [5, 5.41) is 3.65. The highest BCUT2D eigenvalue weighted by Gasteiger charge is 2.42. The van der Waals surface area contributed by atoms with Crippen LogP contribution in [-0.4, -0.2) is 37.5 Å². The average Bonchev–Trinajstić information content (AvgIpc) is 3.00. The van der Waals surface area contributed by atoms with Crippen LogP contribution in [0.15, 0.2) is 121 Å². The van der Waals surface area contributed by atoms with Crippen molar-refractivity contribution in [1.82, 2.24) is 5.32 Å². The molecule has 0 aromatic heterocycles. The van der Waals surface area contributed by atoms with Gasteiger partial charge in [0.05, 0.1) is 45.2 Å². The Morgan fingerprint density at radius 3 is 1.38 bits per heavy atom. The molecule has 4 aromatic carbocycles. The molecule has 5 nitrogen and oxygen atoms in total. The van der Waals surface area contributed by atoms with E-state index in [1.165, 1.54) is 0 Å². The number of hydrogen-bond acceptors (Lipinski definition) is 5. The molecule has 1 heterocycles. The maximum atomic E-state index is 6.62. The molecule has 1 N–H and O–H groups in total. The summed E-state index contributed by atoms with van der Waals surface area (Å²) in [6, 6.07) is 41.0. The first-order valence-electron chi connectivity index (χ1n) is 13.7. The van der Waals surface area contributed by atoms with E-state index < -0.39 is 0 Å². The first-order valence-corrected chi connectivity index (χ1v) is 13.7. The second-order valence-electron chi connectivity index (χ2n) is 9.87. The van der Waals surface area contributed by atoms with Crippen LogP contribution >= 0.6 is 12.4 Å². The van der Waals surface area contributed by atoms with Gasteiger partial charge in [0.25, 0.3) is 0 Å². The van der Waals surface area contributed by atoms with Crippen molar-refractivity contribution >= 4 is 12.4 Å². The van der Waals surface area contributed by atoms with E-state index in [0.717, 1.165) is 22.3 Å². The topological polar surface area (TPSA) is 49.0 Å². The van der Waals surface area contributed by atoms with Gasteiger partial charge in [-0.15, -0.1) is 12.4 Å². The summed E-state index contributed by atoms with van der Waals surface area (Å²) in [5.74, 6) is 0. The quantitative estimate of drug-likeness (QED) is 0.207. The minimum absolute atomic E-state index is 0. The van der Waals surface area contributed by atoms with E-state index in [1.54, 1.807) is 0 Å². The fourth-order valence-electron chi connectivity index (χ4n) is 4.85. The van der Waals surface area contributed by atoms with Crippen LogP contribution in [0.2, 0.25) is 0 Å². The molecule has 1 saturated heterocycles. The predicted octanol–water partition coefficient (Wildman–Crippen LogP) is 6.35. The third kappa shape index (κ3) is 9.00. The van der Waals surface area contributed by atoms with E-state index in [2.05, 4.69) is 53.8 Å². The Balaban J connectivity index is 0.00000370. The van der Waals surface area contributed by atoms with Gasteiger partial charge in [-0.3, -0.25) is 0 Å². The highest BCUT2D eigenvalue weighted by molar-refractivity contribution is 5.85. The van der Waals surface area contributed by atoms with Gasteiger partial charge >= 0.3 is 0 Å². The first kappa shape index (κ1) is 29.9. The summed E-state index contributed by atoms with van der Waals surface area (Å²) in [7, 11) is 0. The molecule has 0 amide bonds. The maximum Gasteiger partial charge on any atom is 0.113 e. The van der Waals surface area contributed by atoms with Crippen molar-refractivity contribution in [3.63, 3.8) is 0 Å². The molecule has 0 unspecified atom stereocenters. The Hall–Kier alpha value is -3.03. The monoisotopic (exact) mass is 559 g/mol. The fraction of sp³-hybridized carbons (Fsp3) is 0.294. The summed E-state index contributed by atoms with van der Waals surface area (Å²) >= 11 is 0. The van der Waals surface area contributed by atoms with Crippen LogP contribution in [0.4, 0.5) is 0 Å². The minimum Gasteiger partial charge on any atom is -0.375 e. The second-order valence-corrected chi connectivity index (χ2v) is 9.87. The van der Waals surface area contributed by atoms with Crippen LogP contribution in [0, 0.1) is 0 Å². The van der Waals surface area contributed by atoms with Crippen LogP contribution in [0.25, 0.3) is 0 Å². The first-order chi connectivity index (χ1) is 19.3. The lowest BCUT2D eigenvalue weighted by molar-refractivity contribution is -0.181.